The van der Waals surface area contributed by atoms with Crippen LogP contribution in [0.15, 0.2) is 38.4 Å². The fraction of sp³-hybridized carbons (Fsp3) is 0.273. The van der Waals surface area contributed by atoms with E-state index in [1.807, 2.05) is 24.3 Å². The molecule has 0 N–H and O–H groups in total. The van der Waals surface area contributed by atoms with E-state index in [9.17, 15) is 0 Å². The summed E-state index contributed by atoms with van der Waals surface area (Å²) in [5.41, 5.74) is 0.912. The Morgan fingerprint density at radius 2 is 2.18 bits per heavy atom. The molecule has 0 radical (unpaired) electrons. The Kier molecular flexibility index (Phi) is 3.17. The van der Waals surface area contributed by atoms with E-state index in [4.69, 9.17) is 9.15 Å². The minimum absolute atomic E-state index is 0.360. The van der Waals surface area contributed by atoms with Crippen LogP contribution in [0.4, 0.5) is 0 Å². The molecule has 0 aliphatic carbocycles. The second-order valence-corrected chi connectivity index (χ2v) is 5.44. The predicted molar refractivity (Wildman–Crippen MR) is 67.9 cm³/mol. The lowest BCUT2D eigenvalue weighted by molar-refractivity contribution is 0.424. The summed E-state index contributed by atoms with van der Waals surface area (Å²) >= 11 is 4.99. The number of rotatable bonds is 4. The van der Waals surface area contributed by atoms with E-state index in [0.29, 0.717) is 17.2 Å². The van der Waals surface area contributed by atoms with Crippen molar-refractivity contribution in [3.8, 4) is 11.5 Å². The lowest BCUT2D eigenvalue weighted by atomic mass is 10.2. The van der Waals surface area contributed by atoms with Gasteiger partial charge in [0.05, 0.1) is 18.3 Å². The van der Waals surface area contributed by atoms with Crippen LogP contribution in [0, 0.1) is 0 Å². The Balaban J connectivity index is 1.77. The fourth-order valence-corrected chi connectivity index (χ4v) is 2.55. The average Bonchev–Trinajstić information content (AvgIpc) is 3.06. The van der Waals surface area contributed by atoms with Gasteiger partial charge in [-0.05, 0) is 28.1 Å². The molecule has 3 rings (SSSR count). The van der Waals surface area contributed by atoms with Crippen molar-refractivity contribution in [2.45, 2.75) is 11.3 Å². The largest absolute Gasteiger partial charge is 0.411 e. The van der Waals surface area contributed by atoms with Gasteiger partial charge in [0, 0.05) is 10.2 Å². The zero-order chi connectivity index (χ0) is 11.7. The summed E-state index contributed by atoms with van der Waals surface area (Å²) in [4.78, 5) is 0. The Morgan fingerprint density at radius 3 is 2.94 bits per heavy atom. The van der Waals surface area contributed by atoms with Crippen molar-refractivity contribution in [3.63, 3.8) is 0 Å². The fourth-order valence-electron chi connectivity index (χ4n) is 1.34. The molecule has 1 atom stereocenters. The number of thioether (sulfide) groups is 1. The van der Waals surface area contributed by atoms with Gasteiger partial charge in [0.1, 0.15) is 0 Å². The molecule has 88 valence electrons. The Hall–Kier alpha value is -0.850. The van der Waals surface area contributed by atoms with Crippen LogP contribution in [0.5, 0.6) is 0 Å². The maximum atomic E-state index is 5.58. The summed E-state index contributed by atoms with van der Waals surface area (Å²) in [5.74, 6) is 1.41. The van der Waals surface area contributed by atoms with Crippen LogP contribution >= 0.6 is 27.7 Å². The molecule has 1 unspecified atom stereocenters. The number of aromatic nitrogens is 2. The molecule has 0 spiro atoms. The molecule has 2 aromatic rings. The molecule has 6 heteroatoms. The topological polar surface area (TPSA) is 51.5 Å². The van der Waals surface area contributed by atoms with Gasteiger partial charge in [-0.25, -0.2) is 0 Å². The normalized spacial score (nSPS) is 18.3. The molecule has 2 heterocycles. The van der Waals surface area contributed by atoms with Gasteiger partial charge in [-0.15, -0.1) is 10.2 Å². The van der Waals surface area contributed by atoms with Crippen molar-refractivity contribution in [1.82, 2.24) is 10.2 Å². The Morgan fingerprint density at radius 1 is 1.35 bits per heavy atom. The average molecular weight is 313 g/mol. The lowest BCUT2D eigenvalue weighted by Crippen LogP contribution is -1.87. The quantitative estimate of drug-likeness (QED) is 0.641. The van der Waals surface area contributed by atoms with Crippen molar-refractivity contribution in [2.24, 2.45) is 0 Å². The van der Waals surface area contributed by atoms with E-state index in [1.54, 1.807) is 0 Å². The van der Waals surface area contributed by atoms with Crippen LogP contribution in [0.25, 0.3) is 11.5 Å². The summed E-state index contributed by atoms with van der Waals surface area (Å²) in [7, 11) is 0. The Labute approximate surface area is 111 Å². The number of benzene rings is 1. The molecule has 1 aliphatic rings. The van der Waals surface area contributed by atoms with Gasteiger partial charge >= 0.3 is 0 Å². The molecule has 0 bridgehead atoms. The standard InChI is InChI=1S/C11H9BrN2O2S/c12-9-4-2-1-3-8(9)10-13-14-11(16-10)17-6-7-5-15-7/h1-4,7H,5-6H2. The van der Waals surface area contributed by atoms with Gasteiger partial charge < -0.3 is 9.15 Å². The molecule has 1 aliphatic heterocycles. The van der Waals surface area contributed by atoms with Crippen molar-refractivity contribution in [3.05, 3.63) is 28.7 Å². The second-order valence-electron chi connectivity index (χ2n) is 3.62. The third-order valence-electron chi connectivity index (χ3n) is 2.31. The first-order valence-corrected chi connectivity index (χ1v) is 6.93. The first-order chi connectivity index (χ1) is 8.33. The monoisotopic (exact) mass is 312 g/mol. The molecule has 1 fully saturated rings. The number of ether oxygens (including phenoxy) is 1. The molecular weight excluding hydrogens is 304 g/mol. The number of nitrogens with zero attached hydrogens (tertiary/aromatic N) is 2. The van der Waals surface area contributed by atoms with Crippen molar-refractivity contribution < 1.29 is 9.15 Å². The third kappa shape index (κ3) is 2.70. The van der Waals surface area contributed by atoms with E-state index in [-0.39, 0.29) is 0 Å². The zero-order valence-corrected chi connectivity index (χ0v) is 11.2. The van der Waals surface area contributed by atoms with E-state index >= 15 is 0 Å². The second kappa shape index (κ2) is 4.80. The highest BCUT2D eigenvalue weighted by molar-refractivity contribution is 9.10. The first kappa shape index (κ1) is 11.3. The van der Waals surface area contributed by atoms with Gasteiger partial charge in [0.2, 0.25) is 5.89 Å². The maximum Gasteiger partial charge on any atom is 0.276 e. The van der Waals surface area contributed by atoms with Gasteiger partial charge in [0.15, 0.2) is 0 Å². The van der Waals surface area contributed by atoms with Crippen LogP contribution in [-0.4, -0.2) is 28.7 Å². The van der Waals surface area contributed by atoms with Crippen LogP contribution in [0.2, 0.25) is 0 Å². The van der Waals surface area contributed by atoms with Gasteiger partial charge in [0.25, 0.3) is 5.22 Å². The van der Waals surface area contributed by atoms with E-state index in [2.05, 4.69) is 26.1 Å². The predicted octanol–water partition coefficient (Wildman–Crippen LogP) is 2.99. The highest BCUT2D eigenvalue weighted by Gasteiger charge is 2.23. The lowest BCUT2D eigenvalue weighted by Gasteiger charge is -1.96. The summed E-state index contributed by atoms with van der Waals surface area (Å²) < 4.78 is 11.7. The molecular formula is C11H9BrN2O2S. The van der Waals surface area contributed by atoms with Crippen LogP contribution in [0.1, 0.15) is 0 Å². The van der Waals surface area contributed by atoms with Crippen LogP contribution < -0.4 is 0 Å². The smallest absolute Gasteiger partial charge is 0.276 e. The number of epoxide rings is 1. The van der Waals surface area contributed by atoms with Gasteiger partial charge in [-0.2, -0.15) is 0 Å². The summed E-state index contributed by atoms with van der Waals surface area (Å²) in [6, 6.07) is 7.78. The van der Waals surface area contributed by atoms with Crippen LogP contribution in [0.3, 0.4) is 0 Å². The summed E-state index contributed by atoms with van der Waals surface area (Å²) in [6.45, 7) is 0.845. The molecule has 17 heavy (non-hydrogen) atoms. The van der Waals surface area contributed by atoms with Crippen molar-refractivity contribution in [2.75, 3.05) is 12.4 Å². The maximum absolute atomic E-state index is 5.58. The van der Waals surface area contributed by atoms with E-state index in [0.717, 1.165) is 22.4 Å². The molecule has 0 amide bonds. The molecule has 1 saturated heterocycles. The number of hydrogen-bond acceptors (Lipinski definition) is 5. The van der Waals surface area contributed by atoms with Gasteiger partial charge in [-0.1, -0.05) is 23.9 Å². The SMILES string of the molecule is Brc1ccccc1-c1nnc(SCC2CO2)o1. The first-order valence-electron chi connectivity index (χ1n) is 5.16. The number of hydrogen-bond donors (Lipinski definition) is 0. The third-order valence-corrected chi connectivity index (χ3v) is 3.95. The molecule has 1 aromatic carbocycles. The summed E-state index contributed by atoms with van der Waals surface area (Å²) in [5, 5.41) is 8.63. The zero-order valence-electron chi connectivity index (χ0n) is 8.80. The Bertz CT molecular complexity index is 528. The summed E-state index contributed by atoms with van der Waals surface area (Å²) in [6.07, 6.45) is 0.360. The number of halogens is 1. The van der Waals surface area contributed by atoms with E-state index < -0.39 is 0 Å². The van der Waals surface area contributed by atoms with Crippen LogP contribution in [-0.2, 0) is 4.74 Å². The highest BCUT2D eigenvalue weighted by atomic mass is 79.9. The minimum atomic E-state index is 0.360. The highest BCUT2D eigenvalue weighted by Crippen LogP contribution is 2.30. The molecule has 4 nitrogen and oxygen atoms in total. The molecule has 1 aromatic heterocycles. The molecule has 0 saturated carbocycles. The van der Waals surface area contributed by atoms with Crippen molar-refractivity contribution in [1.29, 1.82) is 0 Å². The minimum Gasteiger partial charge on any atom is -0.411 e. The van der Waals surface area contributed by atoms with E-state index in [1.165, 1.54) is 11.8 Å². The van der Waals surface area contributed by atoms with Gasteiger partial charge in [-0.3, -0.25) is 0 Å². The van der Waals surface area contributed by atoms with Crippen molar-refractivity contribution >= 4 is 27.7 Å².